The van der Waals surface area contributed by atoms with Crippen LogP contribution in [0, 0.1) is 0 Å². The predicted octanol–water partition coefficient (Wildman–Crippen LogP) is 2.26. The van der Waals surface area contributed by atoms with Gasteiger partial charge >= 0.3 is 0 Å². The Balaban J connectivity index is 0.00000147. The van der Waals surface area contributed by atoms with Crippen molar-refractivity contribution in [3.63, 3.8) is 0 Å². The highest BCUT2D eigenvalue weighted by atomic mass is 35.5. The Morgan fingerprint density at radius 2 is 1.85 bits per heavy atom. The largest absolute Gasteiger partial charge is 0.370 e. The third-order valence-corrected chi connectivity index (χ3v) is 3.45. The van der Waals surface area contributed by atoms with Gasteiger partial charge in [0, 0.05) is 19.6 Å². The Kier molecular flexibility index (Phi) is 4.98. The fourth-order valence-electron chi connectivity index (χ4n) is 2.44. The molecule has 0 unspecified atom stereocenters. The highest BCUT2D eigenvalue weighted by molar-refractivity contribution is 5.85. The minimum absolute atomic E-state index is 0. The molecular weight excluding hydrogens is 274 g/mol. The summed E-state index contributed by atoms with van der Waals surface area (Å²) in [6.45, 7) is 2.10. The summed E-state index contributed by atoms with van der Waals surface area (Å²) in [5.41, 5.74) is 1.84. The van der Waals surface area contributed by atoms with Crippen molar-refractivity contribution in [2.45, 2.75) is 18.9 Å². The van der Waals surface area contributed by atoms with Crippen LogP contribution in [0.4, 0.5) is 11.6 Å². The summed E-state index contributed by atoms with van der Waals surface area (Å²) < 4.78 is 0. The maximum atomic E-state index is 4.68. The first-order valence-electron chi connectivity index (χ1n) is 6.78. The van der Waals surface area contributed by atoms with Crippen LogP contribution < -0.4 is 16.0 Å². The van der Waals surface area contributed by atoms with E-state index in [-0.39, 0.29) is 12.4 Å². The van der Waals surface area contributed by atoms with Gasteiger partial charge < -0.3 is 16.0 Å². The average molecular weight is 294 g/mol. The summed E-state index contributed by atoms with van der Waals surface area (Å²) in [4.78, 5) is 9.28. The van der Waals surface area contributed by atoms with Crippen molar-refractivity contribution in [2.75, 3.05) is 30.8 Å². The van der Waals surface area contributed by atoms with Crippen molar-refractivity contribution in [2.24, 2.45) is 0 Å². The highest BCUT2D eigenvalue weighted by Gasteiger charge is 2.15. The Morgan fingerprint density at radius 3 is 2.45 bits per heavy atom. The third-order valence-electron chi connectivity index (χ3n) is 3.45. The SMILES string of the molecule is CNc1nc2ccccc2nc1N[C@H]1CCCNC1.Cl. The molecule has 1 atom stereocenters. The average Bonchev–Trinajstić information content (AvgIpc) is 2.47. The Morgan fingerprint density at radius 1 is 1.15 bits per heavy atom. The summed E-state index contributed by atoms with van der Waals surface area (Å²) in [6.07, 6.45) is 2.37. The zero-order valence-corrected chi connectivity index (χ0v) is 12.3. The second-order valence-electron chi connectivity index (χ2n) is 4.85. The maximum absolute atomic E-state index is 4.68. The van der Waals surface area contributed by atoms with Gasteiger partial charge in [-0.3, -0.25) is 0 Å². The molecule has 6 heteroatoms. The molecule has 1 aromatic heterocycles. The molecule has 20 heavy (non-hydrogen) atoms. The number of nitrogens with one attached hydrogen (secondary N) is 3. The van der Waals surface area contributed by atoms with E-state index in [1.807, 2.05) is 31.3 Å². The number of benzene rings is 1. The lowest BCUT2D eigenvalue weighted by Gasteiger charge is -2.25. The summed E-state index contributed by atoms with van der Waals surface area (Å²) in [6, 6.07) is 8.37. The number of para-hydroxylation sites is 2. The molecule has 1 aliphatic heterocycles. The molecule has 0 amide bonds. The Bertz CT molecular complexity index is 568. The molecule has 3 N–H and O–H groups in total. The van der Waals surface area contributed by atoms with E-state index < -0.39 is 0 Å². The van der Waals surface area contributed by atoms with E-state index in [1.54, 1.807) is 0 Å². The topological polar surface area (TPSA) is 61.9 Å². The van der Waals surface area contributed by atoms with Gasteiger partial charge in [0.2, 0.25) is 0 Å². The zero-order chi connectivity index (χ0) is 13.1. The van der Waals surface area contributed by atoms with E-state index in [1.165, 1.54) is 12.8 Å². The minimum atomic E-state index is 0. The summed E-state index contributed by atoms with van der Waals surface area (Å²) >= 11 is 0. The highest BCUT2D eigenvalue weighted by Crippen LogP contribution is 2.22. The fraction of sp³-hybridized carbons (Fsp3) is 0.429. The van der Waals surface area contributed by atoms with Gasteiger partial charge in [-0.25, -0.2) is 9.97 Å². The first-order chi connectivity index (χ1) is 9.36. The number of nitrogens with zero attached hydrogens (tertiary/aromatic N) is 2. The number of fused-ring (bicyclic) bond motifs is 1. The monoisotopic (exact) mass is 293 g/mol. The molecule has 0 spiro atoms. The lowest BCUT2D eigenvalue weighted by atomic mass is 10.1. The number of aromatic nitrogens is 2. The van der Waals surface area contributed by atoms with Crippen LogP contribution >= 0.6 is 12.4 Å². The van der Waals surface area contributed by atoms with Crippen LogP contribution in [0.5, 0.6) is 0 Å². The van der Waals surface area contributed by atoms with Crippen LogP contribution in [0.2, 0.25) is 0 Å². The van der Waals surface area contributed by atoms with Crippen LogP contribution in [0.1, 0.15) is 12.8 Å². The third kappa shape index (κ3) is 3.11. The van der Waals surface area contributed by atoms with E-state index in [0.29, 0.717) is 6.04 Å². The van der Waals surface area contributed by atoms with Crippen LogP contribution in [-0.2, 0) is 0 Å². The smallest absolute Gasteiger partial charge is 0.170 e. The van der Waals surface area contributed by atoms with Gasteiger partial charge in [0.05, 0.1) is 11.0 Å². The van der Waals surface area contributed by atoms with Crippen LogP contribution in [0.3, 0.4) is 0 Å². The molecule has 1 aliphatic rings. The van der Waals surface area contributed by atoms with Crippen molar-refractivity contribution >= 4 is 35.1 Å². The van der Waals surface area contributed by atoms with Gasteiger partial charge in [-0.05, 0) is 31.5 Å². The zero-order valence-electron chi connectivity index (χ0n) is 11.5. The van der Waals surface area contributed by atoms with Gasteiger partial charge in [-0.15, -0.1) is 12.4 Å². The van der Waals surface area contributed by atoms with E-state index in [9.17, 15) is 0 Å². The molecule has 1 aromatic carbocycles. The molecule has 1 saturated heterocycles. The van der Waals surface area contributed by atoms with Crippen LogP contribution in [0.25, 0.3) is 11.0 Å². The van der Waals surface area contributed by atoms with E-state index >= 15 is 0 Å². The molecule has 2 heterocycles. The Hall–Kier alpha value is -1.59. The first-order valence-corrected chi connectivity index (χ1v) is 6.78. The van der Waals surface area contributed by atoms with E-state index in [4.69, 9.17) is 0 Å². The van der Waals surface area contributed by atoms with Crippen molar-refractivity contribution in [3.8, 4) is 0 Å². The molecular formula is C14H20ClN5. The molecule has 108 valence electrons. The van der Waals surface area contributed by atoms with Crippen molar-refractivity contribution < 1.29 is 0 Å². The maximum Gasteiger partial charge on any atom is 0.170 e. The number of piperidine rings is 1. The molecule has 5 nitrogen and oxygen atoms in total. The molecule has 0 bridgehead atoms. The standard InChI is InChI=1S/C14H19N5.ClH/c1-15-13-14(17-10-5-4-8-16-9-10)19-12-7-3-2-6-11(12)18-13;/h2-3,6-7,10,16H,4-5,8-9H2,1H3,(H,15,18)(H,17,19);1H/t10-;/m0./s1. The number of halogens is 1. The number of hydrogen-bond acceptors (Lipinski definition) is 5. The molecule has 1 fully saturated rings. The first kappa shape index (κ1) is 14.8. The fourth-order valence-corrected chi connectivity index (χ4v) is 2.44. The van der Waals surface area contributed by atoms with E-state index in [0.717, 1.165) is 35.8 Å². The van der Waals surface area contributed by atoms with Gasteiger partial charge in [0.1, 0.15) is 0 Å². The number of anilines is 2. The lowest BCUT2D eigenvalue weighted by Crippen LogP contribution is -2.38. The molecule has 0 saturated carbocycles. The summed E-state index contributed by atoms with van der Waals surface area (Å²) in [5, 5.41) is 10.0. The van der Waals surface area contributed by atoms with Crippen molar-refractivity contribution in [3.05, 3.63) is 24.3 Å². The number of rotatable bonds is 3. The second-order valence-corrected chi connectivity index (χ2v) is 4.85. The quantitative estimate of drug-likeness (QED) is 0.810. The summed E-state index contributed by atoms with van der Waals surface area (Å²) in [7, 11) is 1.88. The molecule has 0 aliphatic carbocycles. The van der Waals surface area contributed by atoms with Crippen LogP contribution in [-0.4, -0.2) is 36.1 Å². The van der Waals surface area contributed by atoms with Gasteiger partial charge in [-0.1, -0.05) is 12.1 Å². The van der Waals surface area contributed by atoms with Gasteiger partial charge in [-0.2, -0.15) is 0 Å². The van der Waals surface area contributed by atoms with Crippen molar-refractivity contribution in [1.82, 2.24) is 15.3 Å². The van der Waals surface area contributed by atoms with E-state index in [2.05, 4.69) is 25.9 Å². The molecule has 3 rings (SSSR count). The predicted molar refractivity (Wildman–Crippen MR) is 85.8 cm³/mol. The van der Waals surface area contributed by atoms with Gasteiger partial charge in [0.15, 0.2) is 11.6 Å². The van der Waals surface area contributed by atoms with Gasteiger partial charge in [0.25, 0.3) is 0 Å². The molecule has 2 aromatic rings. The lowest BCUT2D eigenvalue weighted by molar-refractivity contribution is 0.479. The number of hydrogen-bond donors (Lipinski definition) is 3. The van der Waals surface area contributed by atoms with Crippen molar-refractivity contribution in [1.29, 1.82) is 0 Å². The summed E-state index contributed by atoms with van der Waals surface area (Å²) in [5.74, 6) is 1.65. The molecule has 0 radical (unpaired) electrons. The normalized spacial score (nSPS) is 18.4. The Labute approximate surface area is 125 Å². The minimum Gasteiger partial charge on any atom is -0.370 e. The second kappa shape index (κ2) is 6.72. The van der Waals surface area contributed by atoms with Crippen LogP contribution in [0.15, 0.2) is 24.3 Å².